The molecule has 3 aromatic heterocycles. The Morgan fingerprint density at radius 3 is 3.00 bits per heavy atom. The van der Waals surface area contributed by atoms with E-state index < -0.39 is 0 Å². The molecule has 0 saturated carbocycles. The first-order valence-corrected chi connectivity index (χ1v) is 9.25. The van der Waals surface area contributed by atoms with Gasteiger partial charge in [0.1, 0.15) is 10.3 Å². The zero-order valence-electron chi connectivity index (χ0n) is 13.8. The van der Waals surface area contributed by atoms with E-state index in [9.17, 15) is 4.79 Å². The maximum absolute atomic E-state index is 12.5. The number of hydrogen-bond donors (Lipinski definition) is 1. The van der Waals surface area contributed by atoms with Crippen LogP contribution in [0.5, 0.6) is 0 Å². The highest BCUT2D eigenvalue weighted by atomic mass is 32.1. The Balaban J connectivity index is 1.41. The minimum atomic E-state index is -0.0163. The van der Waals surface area contributed by atoms with Gasteiger partial charge in [0.15, 0.2) is 5.13 Å². The van der Waals surface area contributed by atoms with Crippen molar-refractivity contribution >= 4 is 32.7 Å². The molecule has 0 aliphatic carbocycles. The van der Waals surface area contributed by atoms with Gasteiger partial charge in [-0.3, -0.25) is 9.78 Å². The summed E-state index contributed by atoms with van der Waals surface area (Å²) in [4.78, 5) is 28.9. The van der Waals surface area contributed by atoms with E-state index in [1.54, 1.807) is 23.7 Å². The predicted octanol–water partition coefficient (Wildman–Crippen LogP) is 2.62. The number of piperidine rings is 1. The van der Waals surface area contributed by atoms with Crippen LogP contribution in [0.15, 0.2) is 42.7 Å². The molecule has 1 aliphatic heterocycles. The molecule has 4 heterocycles. The Bertz CT molecular complexity index is 833. The van der Waals surface area contributed by atoms with Crippen LogP contribution in [0.1, 0.15) is 18.5 Å². The van der Waals surface area contributed by atoms with Crippen LogP contribution in [0.3, 0.4) is 0 Å². The van der Waals surface area contributed by atoms with Crippen molar-refractivity contribution < 1.29 is 4.79 Å². The molecule has 1 unspecified atom stereocenters. The van der Waals surface area contributed by atoms with E-state index in [2.05, 4.69) is 25.2 Å². The van der Waals surface area contributed by atoms with Gasteiger partial charge in [-0.2, -0.15) is 0 Å². The number of thiazole rings is 1. The molecule has 1 saturated heterocycles. The molecule has 128 valence electrons. The van der Waals surface area contributed by atoms with Crippen LogP contribution in [-0.2, 0) is 11.3 Å². The fraction of sp³-hybridized carbons (Fsp3) is 0.333. The van der Waals surface area contributed by atoms with Crippen molar-refractivity contribution in [1.29, 1.82) is 0 Å². The molecule has 0 aromatic carbocycles. The number of carbonyl (C=O) groups is 1. The second-order valence-corrected chi connectivity index (χ2v) is 7.10. The summed E-state index contributed by atoms with van der Waals surface area (Å²) >= 11 is 1.59. The Labute approximate surface area is 149 Å². The van der Waals surface area contributed by atoms with Gasteiger partial charge in [-0.1, -0.05) is 17.4 Å². The molecule has 25 heavy (non-hydrogen) atoms. The largest absolute Gasteiger partial charge is 0.350 e. The average Bonchev–Trinajstić information content (AvgIpc) is 3.11. The highest BCUT2D eigenvalue weighted by Gasteiger charge is 2.27. The van der Waals surface area contributed by atoms with Gasteiger partial charge in [-0.05, 0) is 37.1 Å². The molecule has 1 N–H and O–H groups in total. The molecule has 3 aromatic rings. The lowest BCUT2D eigenvalue weighted by atomic mass is 9.97. The van der Waals surface area contributed by atoms with Crippen LogP contribution in [-0.4, -0.2) is 33.9 Å². The first-order valence-electron chi connectivity index (χ1n) is 8.44. The van der Waals surface area contributed by atoms with Crippen molar-refractivity contribution in [3.8, 4) is 0 Å². The molecule has 6 nitrogen and oxygen atoms in total. The van der Waals surface area contributed by atoms with E-state index in [0.717, 1.165) is 40.6 Å². The lowest BCUT2D eigenvalue weighted by Gasteiger charge is -2.31. The van der Waals surface area contributed by atoms with Gasteiger partial charge >= 0.3 is 0 Å². The van der Waals surface area contributed by atoms with Crippen molar-refractivity contribution in [2.75, 3.05) is 18.0 Å². The van der Waals surface area contributed by atoms with E-state index >= 15 is 0 Å². The second kappa shape index (κ2) is 7.14. The lowest BCUT2D eigenvalue weighted by Crippen LogP contribution is -2.43. The molecule has 0 bridgehead atoms. The van der Waals surface area contributed by atoms with Crippen molar-refractivity contribution in [3.05, 3.63) is 48.4 Å². The van der Waals surface area contributed by atoms with Crippen molar-refractivity contribution in [2.24, 2.45) is 5.92 Å². The van der Waals surface area contributed by atoms with Crippen LogP contribution in [0.2, 0.25) is 0 Å². The van der Waals surface area contributed by atoms with Gasteiger partial charge in [0.05, 0.1) is 18.2 Å². The standard InChI is InChI=1S/C18H19N5OS/c24-16(21-11-14-6-1-2-8-19-14)13-5-4-10-23(12-13)18-22-15-7-3-9-20-17(15)25-18/h1-3,6-9,13H,4-5,10-12H2,(H,21,24). The van der Waals surface area contributed by atoms with Gasteiger partial charge < -0.3 is 10.2 Å². The Morgan fingerprint density at radius 1 is 1.24 bits per heavy atom. The molecule has 1 amide bonds. The van der Waals surface area contributed by atoms with E-state index in [1.165, 1.54) is 0 Å². The number of rotatable bonds is 4. The fourth-order valence-electron chi connectivity index (χ4n) is 3.08. The third-order valence-corrected chi connectivity index (χ3v) is 5.43. The zero-order chi connectivity index (χ0) is 17.1. The minimum absolute atomic E-state index is 0.0163. The summed E-state index contributed by atoms with van der Waals surface area (Å²) in [7, 11) is 0. The normalized spacial score (nSPS) is 17.6. The van der Waals surface area contributed by atoms with Gasteiger partial charge in [-0.25, -0.2) is 9.97 Å². The number of hydrogen-bond acceptors (Lipinski definition) is 6. The number of carbonyl (C=O) groups excluding carboxylic acids is 1. The summed E-state index contributed by atoms with van der Waals surface area (Å²) < 4.78 is 0. The van der Waals surface area contributed by atoms with Crippen molar-refractivity contribution in [1.82, 2.24) is 20.3 Å². The second-order valence-electron chi connectivity index (χ2n) is 6.15. The number of nitrogens with zero attached hydrogens (tertiary/aromatic N) is 4. The third kappa shape index (κ3) is 3.61. The summed E-state index contributed by atoms with van der Waals surface area (Å²) in [6.45, 7) is 2.11. The molecular formula is C18H19N5OS. The monoisotopic (exact) mass is 353 g/mol. The molecule has 0 radical (unpaired) electrons. The van der Waals surface area contributed by atoms with Gasteiger partial charge in [0, 0.05) is 25.5 Å². The third-order valence-electron chi connectivity index (χ3n) is 4.39. The smallest absolute Gasteiger partial charge is 0.225 e. The quantitative estimate of drug-likeness (QED) is 0.781. The number of pyridine rings is 2. The maximum Gasteiger partial charge on any atom is 0.225 e. The zero-order valence-corrected chi connectivity index (χ0v) is 14.6. The van der Waals surface area contributed by atoms with Crippen LogP contribution < -0.4 is 10.2 Å². The number of aromatic nitrogens is 3. The summed E-state index contributed by atoms with van der Waals surface area (Å²) in [6, 6.07) is 9.59. The number of nitrogens with one attached hydrogen (secondary N) is 1. The molecule has 7 heteroatoms. The summed E-state index contributed by atoms with van der Waals surface area (Å²) in [5, 5.41) is 3.96. The predicted molar refractivity (Wildman–Crippen MR) is 98.4 cm³/mol. The average molecular weight is 353 g/mol. The van der Waals surface area contributed by atoms with Crippen molar-refractivity contribution in [2.45, 2.75) is 19.4 Å². The van der Waals surface area contributed by atoms with Crippen molar-refractivity contribution in [3.63, 3.8) is 0 Å². The first-order chi connectivity index (χ1) is 12.3. The molecule has 0 spiro atoms. The highest BCUT2D eigenvalue weighted by molar-refractivity contribution is 7.21. The molecular weight excluding hydrogens is 334 g/mol. The van der Waals surface area contributed by atoms with Crippen LogP contribution in [0, 0.1) is 5.92 Å². The fourth-order valence-corrected chi connectivity index (χ4v) is 4.03. The number of fused-ring (bicyclic) bond motifs is 1. The van der Waals surface area contributed by atoms with Crippen LogP contribution in [0.25, 0.3) is 10.3 Å². The highest BCUT2D eigenvalue weighted by Crippen LogP contribution is 2.30. The van der Waals surface area contributed by atoms with Gasteiger partial charge in [0.25, 0.3) is 0 Å². The Hall–Kier alpha value is -2.54. The molecule has 4 rings (SSSR count). The Kier molecular flexibility index (Phi) is 4.56. The lowest BCUT2D eigenvalue weighted by molar-refractivity contribution is -0.125. The summed E-state index contributed by atoms with van der Waals surface area (Å²) in [5.74, 6) is 0.0759. The summed E-state index contributed by atoms with van der Waals surface area (Å²) in [6.07, 6.45) is 5.43. The van der Waals surface area contributed by atoms with E-state index in [4.69, 9.17) is 0 Å². The van der Waals surface area contributed by atoms with E-state index in [-0.39, 0.29) is 11.8 Å². The van der Waals surface area contributed by atoms with E-state index in [1.807, 2.05) is 30.3 Å². The van der Waals surface area contributed by atoms with E-state index in [0.29, 0.717) is 13.1 Å². The Morgan fingerprint density at radius 2 is 2.16 bits per heavy atom. The molecule has 1 aliphatic rings. The SMILES string of the molecule is O=C(NCc1ccccn1)C1CCCN(c2nc3cccnc3s2)C1. The van der Waals surface area contributed by atoms with Gasteiger partial charge in [0.2, 0.25) is 5.91 Å². The topological polar surface area (TPSA) is 71.0 Å². The summed E-state index contributed by atoms with van der Waals surface area (Å²) in [5.41, 5.74) is 1.80. The number of amides is 1. The first kappa shape index (κ1) is 16.0. The molecule has 1 fully saturated rings. The minimum Gasteiger partial charge on any atom is -0.350 e. The molecule has 1 atom stereocenters. The number of anilines is 1. The van der Waals surface area contributed by atoms with Crippen LogP contribution in [0.4, 0.5) is 5.13 Å². The van der Waals surface area contributed by atoms with Gasteiger partial charge in [-0.15, -0.1) is 0 Å². The van der Waals surface area contributed by atoms with Crippen LogP contribution >= 0.6 is 11.3 Å². The maximum atomic E-state index is 12.5.